The third kappa shape index (κ3) is 4.93. The second-order valence-electron chi connectivity index (χ2n) is 12.1. The van der Waals surface area contributed by atoms with Gasteiger partial charge >= 0.3 is 10.8 Å². The molecule has 2 bridgehead atoms. The fourth-order valence-corrected chi connectivity index (χ4v) is 10.8. The van der Waals surface area contributed by atoms with Crippen molar-refractivity contribution in [3.05, 3.63) is 74.2 Å². The Kier molecular flexibility index (Phi) is 7.36. The first-order valence-corrected chi connectivity index (χ1v) is 16.4. The summed E-state index contributed by atoms with van der Waals surface area (Å²) in [6.07, 6.45) is 0.935. The van der Waals surface area contributed by atoms with Crippen molar-refractivity contribution in [2.24, 2.45) is 29.6 Å². The van der Waals surface area contributed by atoms with Crippen molar-refractivity contribution >= 4 is 52.5 Å². The Morgan fingerprint density at radius 3 is 2.55 bits per heavy atom. The number of carbonyl (C=O) groups is 4. The Morgan fingerprint density at radius 1 is 1.07 bits per heavy atom. The first kappa shape index (κ1) is 28.8. The van der Waals surface area contributed by atoms with E-state index in [1.165, 1.54) is 16.2 Å². The molecule has 10 nitrogen and oxygen atoms in total. The van der Waals surface area contributed by atoms with Crippen LogP contribution in [0.15, 0.2) is 58.4 Å². The number of nitrogens with zero attached hydrogens (tertiary/aromatic N) is 1. The van der Waals surface area contributed by atoms with Crippen LogP contribution in [0.2, 0.25) is 0 Å². The lowest BCUT2D eigenvalue weighted by molar-refractivity contribution is -0.142. The van der Waals surface area contributed by atoms with Gasteiger partial charge in [-0.1, -0.05) is 35.6 Å². The monoisotopic (exact) mass is 633 g/mol. The highest BCUT2D eigenvalue weighted by molar-refractivity contribution is 8.00. The number of likely N-dealkylation sites (tertiary alicyclic amines) is 1. The number of carboxylic acids is 1. The molecule has 2 saturated carbocycles. The summed E-state index contributed by atoms with van der Waals surface area (Å²) in [6.45, 7) is 1.94. The standard InChI is InChI=1S/C32H31N3O7S2/c1-15-4-2-5-17(12-15)33-21(36)14-42-18-9-7-16(8-10-18)23-24-19-13-20(27(24)43-29-28(23)44-32(41)34-29)26-25(19)30(39)35(31(26)40)11-3-6-22(37)38/h2,4-5,7-10,12,19-20,23-27H,3,6,11,13-14H2,1H3,(H,33,36)(H,34,41)(H,37,38)/t19?,20?,23-,24?,25?,26?,27?/m1/s1. The van der Waals surface area contributed by atoms with Crippen LogP contribution < -0.4 is 14.9 Å². The van der Waals surface area contributed by atoms with E-state index in [2.05, 4.69) is 10.3 Å². The lowest BCUT2D eigenvalue weighted by Gasteiger charge is -2.43. The van der Waals surface area contributed by atoms with Gasteiger partial charge in [-0.3, -0.25) is 28.9 Å². The molecule has 44 heavy (non-hydrogen) atoms. The first-order chi connectivity index (χ1) is 21.2. The van der Waals surface area contributed by atoms with Gasteiger partial charge in [-0.2, -0.15) is 0 Å². The third-order valence-electron chi connectivity index (χ3n) is 9.50. The van der Waals surface area contributed by atoms with Crippen LogP contribution in [0.3, 0.4) is 0 Å². The topological polar surface area (TPSA) is 146 Å². The van der Waals surface area contributed by atoms with Gasteiger partial charge in [0.2, 0.25) is 11.8 Å². The summed E-state index contributed by atoms with van der Waals surface area (Å²) in [7, 11) is 0. The average molecular weight is 634 g/mol. The number of thioether (sulfide) groups is 1. The summed E-state index contributed by atoms with van der Waals surface area (Å²) in [4.78, 5) is 68.1. The number of thiazole rings is 1. The van der Waals surface area contributed by atoms with Crippen LogP contribution >= 0.6 is 23.1 Å². The highest BCUT2D eigenvalue weighted by atomic mass is 32.2. The number of ether oxygens (including phenoxy) is 1. The first-order valence-electron chi connectivity index (χ1n) is 14.8. The molecule has 0 spiro atoms. The number of aryl methyl sites for hydroxylation is 1. The van der Waals surface area contributed by atoms with Crippen molar-refractivity contribution in [2.75, 3.05) is 18.5 Å². The Morgan fingerprint density at radius 2 is 1.82 bits per heavy atom. The quantitative estimate of drug-likeness (QED) is 0.299. The summed E-state index contributed by atoms with van der Waals surface area (Å²) in [6, 6.07) is 15.1. The molecule has 2 aliphatic carbocycles. The number of carboxylic acid groups (broad SMARTS) is 1. The van der Waals surface area contributed by atoms with Gasteiger partial charge in [0.15, 0.2) is 6.61 Å². The molecule has 3 amide bonds. The Hall–Kier alpha value is -3.90. The van der Waals surface area contributed by atoms with E-state index in [1.807, 2.05) is 55.5 Å². The molecule has 0 radical (unpaired) electrons. The number of fused-ring (bicyclic) bond motifs is 9. The van der Waals surface area contributed by atoms with E-state index in [4.69, 9.17) is 9.84 Å². The molecule has 3 aromatic rings. The van der Waals surface area contributed by atoms with Crippen LogP contribution in [0.1, 0.15) is 41.2 Å². The number of nitrogens with one attached hydrogen (secondary N) is 2. The smallest absolute Gasteiger partial charge is 0.305 e. The molecule has 3 N–H and O–H groups in total. The number of aliphatic carboxylic acids is 1. The molecule has 2 aliphatic heterocycles. The minimum Gasteiger partial charge on any atom is -0.484 e. The van der Waals surface area contributed by atoms with Crippen LogP contribution in [-0.4, -0.2) is 57.1 Å². The van der Waals surface area contributed by atoms with E-state index in [0.717, 1.165) is 27.5 Å². The molecule has 3 fully saturated rings. The zero-order valence-corrected chi connectivity index (χ0v) is 25.5. The molecule has 228 valence electrons. The van der Waals surface area contributed by atoms with Crippen LogP contribution in [0, 0.1) is 36.5 Å². The highest BCUT2D eigenvalue weighted by Crippen LogP contribution is 2.68. The zero-order chi connectivity index (χ0) is 30.7. The van der Waals surface area contributed by atoms with Crippen molar-refractivity contribution in [1.82, 2.24) is 9.88 Å². The second kappa shape index (κ2) is 11.2. The van der Waals surface area contributed by atoms with E-state index in [9.17, 15) is 24.0 Å². The SMILES string of the molecule is Cc1cccc(NC(=O)COc2ccc([C@H]3c4sc(=O)[nH]c4SC4C5CC(C6C(=O)N(CCCC(=O)O)C(=O)C56)C43)cc2)c1. The van der Waals surface area contributed by atoms with Gasteiger partial charge in [0.25, 0.3) is 5.91 Å². The molecular formula is C32H31N3O7S2. The number of amides is 3. The number of benzene rings is 2. The van der Waals surface area contributed by atoms with E-state index in [1.54, 1.807) is 11.8 Å². The van der Waals surface area contributed by atoms with Gasteiger partial charge in [-0.05, 0) is 72.9 Å². The van der Waals surface area contributed by atoms with Gasteiger partial charge < -0.3 is 20.1 Å². The van der Waals surface area contributed by atoms with Crippen molar-refractivity contribution in [3.63, 3.8) is 0 Å². The number of H-pyrrole nitrogens is 1. The number of aromatic amines is 1. The number of hydrogen-bond acceptors (Lipinski definition) is 8. The predicted molar refractivity (Wildman–Crippen MR) is 164 cm³/mol. The molecule has 2 aromatic carbocycles. The Labute approximate surface area is 261 Å². The lowest BCUT2D eigenvalue weighted by atomic mass is 9.68. The maximum atomic E-state index is 13.6. The molecule has 4 aliphatic rings. The van der Waals surface area contributed by atoms with Crippen LogP contribution in [0.4, 0.5) is 5.69 Å². The fourth-order valence-electron chi connectivity index (χ4n) is 7.90. The van der Waals surface area contributed by atoms with E-state index in [-0.39, 0.29) is 83.4 Å². The zero-order valence-electron chi connectivity index (χ0n) is 23.9. The van der Waals surface area contributed by atoms with Gasteiger partial charge in [-0.15, -0.1) is 11.8 Å². The molecular weight excluding hydrogens is 603 g/mol. The highest BCUT2D eigenvalue weighted by Gasteiger charge is 2.69. The van der Waals surface area contributed by atoms with Crippen molar-refractivity contribution in [1.29, 1.82) is 0 Å². The molecule has 6 unspecified atom stereocenters. The Bertz CT molecular complexity index is 1720. The minimum absolute atomic E-state index is 0.00879. The van der Waals surface area contributed by atoms with Gasteiger partial charge in [0.05, 0.1) is 16.9 Å². The number of aromatic nitrogens is 1. The number of carbonyl (C=O) groups excluding carboxylic acids is 3. The summed E-state index contributed by atoms with van der Waals surface area (Å²) in [5, 5.41) is 12.8. The largest absolute Gasteiger partial charge is 0.484 e. The lowest BCUT2D eigenvalue weighted by Crippen LogP contribution is -2.42. The summed E-state index contributed by atoms with van der Waals surface area (Å²) in [5.74, 6) is -1.89. The van der Waals surface area contributed by atoms with Crippen LogP contribution in [0.25, 0.3) is 0 Å². The summed E-state index contributed by atoms with van der Waals surface area (Å²) in [5.41, 5.74) is 2.74. The van der Waals surface area contributed by atoms with Gasteiger partial charge in [0.1, 0.15) is 5.75 Å². The van der Waals surface area contributed by atoms with Gasteiger partial charge in [0, 0.05) is 34.7 Å². The average Bonchev–Trinajstić information content (AvgIpc) is 3.72. The van der Waals surface area contributed by atoms with Crippen LogP contribution in [0.5, 0.6) is 5.75 Å². The number of anilines is 1. The number of imide groups is 1. The maximum absolute atomic E-state index is 13.6. The molecule has 7 atom stereocenters. The van der Waals surface area contributed by atoms with Crippen molar-refractivity contribution in [3.8, 4) is 5.75 Å². The van der Waals surface area contributed by atoms with Gasteiger partial charge in [-0.25, -0.2) is 0 Å². The normalized spacial score (nSPS) is 28.0. The minimum atomic E-state index is -0.948. The van der Waals surface area contributed by atoms with Crippen molar-refractivity contribution in [2.45, 2.75) is 42.4 Å². The van der Waals surface area contributed by atoms with E-state index in [0.29, 0.717) is 11.4 Å². The number of hydrogen-bond donors (Lipinski definition) is 3. The summed E-state index contributed by atoms with van der Waals surface area (Å²) >= 11 is 2.82. The third-order valence-corrected chi connectivity index (χ3v) is 12.1. The second-order valence-corrected chi connectivity index (χ2v) is 14.3. The molecule has 1 saturated heterocycles. The molecule has 1 aromatic heterocycles. The van der Waals surface area contributed by atoms with E-state index < -0.39 is 11.9 Å². The maximum Gasteiger partial charge on any atom is 0.305 e. The summed E-state index contributed by atoms with van der Waals surface area (Å²) < 4.78 is 5.77. The van der Waals surface area contributed by atoms with Crippen LogP contribution in [-0.2, 0) is 19.2 Å². The Balaban J connectivity index is 1.11. The van der Waals surface area contributed by atoms with Crippen molar-refractivity contribution < 1.29 is 29.0 Å². The molecule has 7 rings (SSSR count). The fraction of sp³-hybridized carbons (Fsp3) is 0.406. The molecule has 3 heterocycles. The van der Waals surface area contributed by atoms with E-state index >= 15 is 0 Å². The predicted octanol–water partition coefficient (Wildman–Crippen LogP) is 4.10. The molecule has 12 heteroatoms. The number of rotatable bonds is 9.